The van der Waals surface area contributed by atoms with E-state index in [1.807, 2.05) is 36.7 Å². The van der Waals surface area contributed by atoms with Crippen LogP contribution in [0.4, 0.5) is 5.69 Å². The Morgan fingerprint density at radius 2 is 1.92 bits per heavy atom. The van der Waals surface area contributed by atoms with Gasteiger partial charge in [-0.25, -0.2) is 4.99 Å². The Labute approximate surface area is 142 Å². The van der Waals surface area contributed by atoms with Gasteiger partial charge in [-0.3, -0.25) is 10.3 Å². The van der Waals surface area contributed by atoms with Crippen LogP contribution in [0, 0.1) is 11.5 Å². The molecule has 24 heavy (non-hydrogen) atoms. The highest BCUT2D eigenvalue weighted by Gasteiger charge is 2.14. The zero-order valence-electron chi connectivity index (χ0n) is 12.7. The Kier molecular flexibility index (Phi) is 4.84. The SMILES string of the molecule is CSC(=Nc1ccccc1-c1nnc(-c2ccncc2)o1)NC#N. The van der Waals surface area contributed by atoms with Gasteiger partial charge in [0.25, 0.3) is 0 Å². The fraction of sp³-hybridized carbons (Fsp3) is 0.0625. The van der Waals surface area contributed by atoms with Crippen LogP contribution in [-0.4, -0.2) is 26.6 Å². The van der Waals surface area contributed by atoms with Gasteiger partial charge in [-0.2, -0.15) is 5.26 Å². The topological polar surface area (TPSA) is 100.0 Å². The molecule has 2 heterocycles. The van der Waals surface area contributed by atoms with Gasteiger partial charge in [-0.15, -0.1) is 10.2 Å². The summed E-state index contributed by atoms with van der Waals surface area (Å²) in [6, 6.07) is 11.0. The van der Waals surface area contributed by atoms with E-state index in [2.05, 4.69) is 25.5 Å². The third-order valence-electron chi connectivity index (χ3n) is 3.06. The molecule has 0 bridgehead atoms. The van der Waals surface area contributed by atoms with Crippen molar-refractivity contribution in [2.75, 3.05) is 6.26 Å². The van der Waals surface area contributed by atoms with E-state index in [1.54, 1.807) is 24.5 Å². The van der Waals surface area contributed by atoms with Crippen LogP contribution in [-0.2, 0) is 0 Å². The summed E-state index contributed by atoms with van der Waals surface area (Å²) in [5.74, 6) is 0.769. The Hall–Kier alpha value is -3.18. The van der Waals surface area contributed by atoms with Crippen molar-refractivity contribution in [3.8, 4) is 29.1 Å². The number of hydrogen-bond donors (Lipinski definition) is 1. The minimum atomic E-state index is 0.360. The first-order valence-corrected chi connectivity index (χ1v) is 8.15. The quantitative estimate of drug-likeness (QED) is 0.339. The Balaban J connectivity index is 1.99. The number of nitrogens with one attached hydrogen (secondary N) is 1. The molecule has 0 aliphatic heterocycles. The van der Waals surface area contributed by atoms with E-state index in [0.29, 0.717) is 28.2 Å². The highest BCUT2D eigenvalue weighted by atomic mass is 32.2. The van der Waals surface area contributed by atoms with E-state index in [1.165, 1.54) is 11.8 Å². The maximum absolute atomic E-state index is 8.76. The van der Waals surface area contributed by atoms with Crippen molar-refractivity contribution in [2.45, 2.75) is 0 Å². The van der Waals surface area contributed by atoms with Crippen LogP contribution in [0.1, 0.15) is 0 Å². The molecule has 0 aliphatic rings. The smallest absolute Gasteiger partial charge is 0.250 e. The number of benzene rings is 1. The number of thioether (sulfide) groups is 1. The van der Waals surface area contributed by atoms with Crippen LogP contribution < -0.4 is 5.32 Å². The summed E-state index contributed by atoms with van der Waals surface area (Å²) in [5.41, 5.74) is 2.12. The molecule has 0 fully saturated rings. The Morgan fingerprint density at radius 1 is 1.17 bits per heavy atom. The molecule has 3 aromatic rings. The molecule has 7 nitrogen and oxygen atoms in total. The molecule has 1 aromatic carbocycles. The van der Waals surface area contributed by atoms with Gasteiger partial charge in [-0.05, 0) is 30.5 Å². The minimum absolute atomic E-state index is 0.360. The fourth-order valence-electron chi connectivity index (χ4n) is 1.98. The average Bonchev–Trinajstić information content (AvgIpc) is 3.12. The summed E-state index contributed by atoms with van der Waals surface area (Å²) < 4.78 is 5.76. The second-order valence-corrected chi connectivity index (χ2v) is 5.32. The lowest BCUT2D eigenvalue weighted by Gasteiger charge is -2.03. The lowest BCUT2D eigenvalue weighted by molar-refractivity contribution is 0.584. The molecule has 0 radical (unpaired) electrons. The summed E-state index contributed by atoms with van der Waals surface area (Å²) in [5, 5.41) is 20.0. The second kappa shape index (κ2) is 7.39. The molecule has 3 rings (SSSR count). The zero-order valence-corrected chi connectivity index (χ0v) is 13.5. The van der Waals surface area contributed by atoms with Crippen molar-refractivity contribution < 1.29 is 4.42 Å². The molecule has 0 unspecified atom stereocenters. The number of pyridine rings is 1. The molecule has 0 aliphatic carbocycles. The lowest BCUT2D eigenvalue weighted by atomic mass is 10.2. The number of hydrogen-bond acceptors (Lipinski definition) is 7. The normalized spacial score (nSPS) is 11.1. The van der Waals surface area contributed by atoms with Gasteiger partial charge in [-0.1, -0.05) is 23.9 Å². The summed E-state index contributed by atoms with van der Waals surface area (Å²) in [6.45, 7) is 0. The summed E-state index contributed by atoms with van der Waals surface area (Å²) in [7, 11) is 0. The third kappa shape index (κ3) is 3.42. The molecule has 0 amide bonds. The molecule has 1 N–H and O–H groups in total. The van der Waals surface area contributed by atoms with Gasteiger partial charge in [0.05, 0.1) is 11.3 Å². The van der Waals surface area contributed by atoms with E-state index in [4.69, 9.17) is 9.68 Å². The number of para-hydroxylation sites is 1. The van der Waals surface area contributed by atoms with Crippen LogP contribution >= 0.6 is 11.8 Å². The summed E-state index contributed by atoms with van der Waals surface area (Å²) >= 11 is 1.34. The average molecular weight is 336 g/mol. The van der Waals surface area contributed by atoms with Gasteiger partial charge in [0.15, 0.2) is 11.4 Å². The minimum Gasteiger partial charge on any atom is -0.416 e. The largest absolute Gasteiger partial charge is 0.416 e. The van der Waals surface area contributed by atoms with Crippen molar-refractivity contribution in [1.29, 1.82) is 5.26 Å². The molecule has 0 atom stereocenters. The van der Waals surface area contributed by atoms with E-state index in [-0.39, 0.29) is 0 Å². The molecule has 118 valence electrons. The van der Waals surface area contributed by atoms with Gasteiger partial charge in [0.2, 0.25) is 11.8 Å². The number of aliphatic imine (C=N–C) groups is 1. The van der Waals surface area contributed by atoms with Gasteiger partial charge in [0.1, 0.15) is 0 Å². The molecule has 2 aromatic heterocycles. The van der Waals surface area contributed by atoms with Crippen LogP contribution in [0.25, 0.3) is 22.9 Å². The van der Waals surface area contributed by atoms with Crippen LogP contribution in [0.2, 0.25) is 0 Å². The second-order valence-electron chi connectivity index (χ2n) is 4.52. The maximum Gasteiger partial charge on any atom is 0.250 e. The summed E-state index contributed by atoms with van der Waals surface area (Å²) in [4.78, 5) is 8.40. The molecule has 0 saturated carbocycles. The number of rotatable bonds is 3. The van der Waals surface area contributed by atoms with Crippen LogP contribution in [0.15, 0.2) is 58.2 Å². The lowest BCUT2D eigenvalue weighted by Crippen LogP contribution is -2.12. The maximum atomic E-state index is 8.76. The Morgan fingerprint density at radius 3 is 2.67 bits per heavy atom. The summed E-state index contributed by atoms with van der Waals surface area (Å²) in [6.07, 6.45) is 7.02. The number of aromatic nitrogens is 3. The highest BCUT2D eigenvalue weighted by molar-refractivity contribution is 8.13. The predicted molar refractivity (Wildman–Crippen MR) is 92.3 cm³/mol. The van der Waals surface area contributed by atoms with E-state index < -0.39 is 0 Å². The van der Waals surface area contributed by atoms with Crippen molar-refractivity contribution in [3.05, 3.63) is 48.8 Å². The van der Waals surface area contributed by atoms with Crippen molar-refractivity contribution in [2.24, 2.45) is 4.99 Å². The number of nitrogens with zero attached hydrogens (tertiary/aromatic N) is 5. The van der Waals surface area contributed by atoms with Gasteiger partial charge >= 0.3 is 0 Å². The molecular weight excluding hydrogens is 324 g/mol. The number of amidine groups is 1. The molecule has 8 heteroatoms. The van der Waals surface area contributed by atoms with E-state index >= 15 is 0 Å². The highest BCUT2D eigenvalue weighted by Crippen LogP contribution is 2.31. The third-order valence-corrected chi connectivity index (χ3v) is 3.64. The van der Waals surface area contributed by atoms with Crippen molar-refractivity contribution >= 4 is 22.6 Å². The van der Waals surface area contributed by atoms with E-state index in [0.717, 1.165) is 5.56 Å². The van der Waals surface area contributed by atoms with Crippen molar-refractivity contribution in [1.82, 2.24) is 20.5 Å². The van der Waals surface area contributed by atoms with E-state index in [9.17, 15) is 0 Å². The molecular formula is C16H12N6OS. The predicted octanol–water partition coefficient (Wildman–Crippen LogP) is 3.22. The number of nitriles is 1. The first-order valence-electron chi connectivity index (χ1n) is 6.93. The van der Waals surface area contributed by atoms with Gasteiger partial charge < -0.3 is 4.42 Å². The van der Waals surface area contributed by atoms with Crippen LogP contribution in [0.3, 0.4) is 0 Å². The monoisotopic (exact) mass is 336 g/mol. The van der Waals surface area contributed by atoms with Gasteiger partial charge in [0, 0.05) is 18.0 Å². The van der Waals surface area contributed by atoms with Crippen LogP contribution in [0.5, 0.6) is 0 Å². The standard InChI is InChI=1S/C16H12N6OS/c1-24-16(19-10-17)20-13-5-3-2-4-12(13)15-22-21-14(23-15)11-6-8-18-9-7-11/h2-9H,1H3,(H,19,20). The first kappa shape index (κ1) is 15.7. The molecule has 0 saturated heterocycles. The zero-order chi connectivity index (χ0) is 16.8. The Bertz CT molecular complexity index is 900. The first-order chi connectivity index (χ1) is 11.8. The fourth-order valence-corrected chi connectivity index (χ4v) is 2.31. The molecule has 0 spiro atoms. The van der Waals surface area contributed by atoms with Crippen molar-refractivity contribution in [3.63, 3.8) is 0 Å².